The third-order valence-electron chi connectivity index (χ3n) is 4.24. The first-order valence-electron chi connectivity index (χ1n) is 9.76. The monoisotopic (exact) mass is 463 g/mol. The van der Waals surface area contributed by atoms with E-state index in [1.807, 2.05) is 0 Å². The molecule has 0 aliphatic rings. The van der Waals surface area contributed by atoms with Crippen LogP contribution >= 0.6 is 12.6 Å². The highest BCUT2D eigenvalue weighted by Gasteiger charge is 2.32. The number of amides is 4. The Bertz CT molecular complexity index is 659. The van der Waals surface area contributed by atoms with E-state index in [-0.39, 0.29) is 30.9 Å². The molecule has 31 heavy (non-hydrogen) atoms. The van der Waals surface area contributed by atoms with E-state index in [9.17, 15) is 29.1 Å². The predicted molar refractivity (Wildman–Crippen MR) is 115 cm³/mol. The number of carbonyl (C=O) groups is 5. The number of rotatable bonds is 14. The molecule has 5 atom stereocenters. The van der Waals surface area contributed by atoms with Crippen LogP contribution in [0.2, 0.25) is 0 Å². The van der Waals surface area contributed by atoms with Gasteiger partial charge >= 0.3 is 5.97 Å². The number of nitrogens with one attached hydrogen (secondary N) is 3. The molecule has 0 saturated heterocycles. The number of aliphatic hydroxyl groups is 1. The van der Waals surface area contributed by atoms with Gasteiger partial charge in [0.2, 0.25) is 23.6 Å². The molecule has 0 aromatic heterocycles. The van der Waals surface area contributed by atoms with E-state index in [2.05, 4.69) is 28.6 Å². The molecule has 0 bridgehead atoms. The van der Waals surface area contributed by atoms with Crippen molar-refractivity contribution in [3.8, 4) is 0 Å². The zero-order chi connectivity index (χ0) is 24.3. The van der Waals surface area contributed by atoms with Crippen LogP contribution in [0.15, 0.2) is 0 Å². The highest BCUT2D eigenvalue weighted by Crippen LogP contribution is 2.07. The third kappa shape index (κ3) is 11.0. The average Bonchev–Trinajstić information content (AvgIpc) is 2.66. The number of hydrogen-bond donors (Lipinski definition) is 8. The van der Waals surface area contributed by atoms with Gasteiger partial charge in [0.15, 0.2) is 0 Å². The molecule has 0 heterocycles. The van der Waals surface area contributed by atoms with Crippen LogP contribution in [0.3, 0.4) is 0 Å². The van der Waals surface area contributed by atoms with E-state index >= 15 is 0 Å². The molecular weight excluding hydrogens is 430 g/mol. The van der Waals surface area contributed by atoms with E-state index in [0.29, 0.717) is 0 Å². The van der Waals surface area contributed by atoms with Crippen molar-refractivity contribution in [2.24, 2.45) is 17.4 Å². The Morgan fingerprint density at radius 1 is 0.935 bits per heavy atom. The first kappa shape index (κ1) is 28.6. The summed E-state index contributed by atoms with van der Waals surface area (Å²) in [6.07, 6.45) is -1.34. The number of aliphatic carboxylic acids is 1. The van der Waals surface area contributed by atoms with Gasteiger partial charge in [-0.15, -0.1) is 0 Å². The van der Waals surface area contributed by atoms with Crippen molar-refractivity contribution in [2.45, 2.75) is 70.3 Å². The first-order chi connectivity index (χ1) is 14.3. The van der Waals surface area contributed by atoms with Crippen LogP contribution in [0.1, 0.15) is 40.0 Å². The smallest absolute Gasteiger partial charge is 0.327 e. The van der Waals surface area contributed by atoms with Crippen LogP contribution in [0, 0.1) is 5.92 Å². The molecule has 4 amide bonds. The number of primary amides is 1. The summed E-state index contributed by atoms with van der Waals surface area (Å²) in [6, 6.07) is -4.94. The van der Waals surface area contributed by atoms with Crippen LogP contribution in [0.4, 0.5) is 0 Å². The van der Waals surface area contributed by atoms with Crippen molar-refractivity contribution in [3.05, 3.63) is 0 Å². The van der Waals surface area contributed by atoms with Crippen molar-refractivity contribution < 1.29 is 34.2 Å². The zero-order valence-electron chi connectivity index (χ0n) is 17.8. The Balaban J connectivity index is 5.30. The van der Waals surface area contributed by atoms with Gasteiger partial charge in [0.05, 0.1) is 12.1 Å². The fourth-order valence-corrected chi connectivity index (χ4v) is 2.76. The lowest BCUT2D eigenvalue weighted by Gasteiger charge is -2.27. The Hall–Kier alpha value is -2.38. The zero-order valence-corrected chi connectivity index (χ0v) is 18.7. The molecule has 0 saturated carbocycles. The first-order valence-corrected chi connectivity index (χ1v) is 10.4. The maximum Gasteiger partial charge on any atom is 0.327 e. The molecule has 0 aromatic rings. The van der Waals surface area contributed by atoms with Crippen LogP contribution in [-0.2, 0) is 24.0 Å². The van der Waals surface area contributed by atoms with Gasteiger partial charge < -0.3 is 37.6 Å². The van der Waals surface area contributed by atoms with Crippen LogP contribution in [-0.4, -0.2) is 75.8 Å². The second-order valence-corrected chi connectivity index (χ2v) is 7.98. The van der Waals surface area contributed by atoms with Gasteiger partial charge in [-0.2, -0.15) is 12.6 Å². The summed E-state index contributed by atoms with van der Waals surface area (Å²) >= 11 is 3.88. The minimum Gasteiger partial charge on any atom is -0.480 e. The number of carboxylic acid groups (broad SMARTS) is 1. The summed E-state index contributed by atoms with van der Waals surface area (Å²) in [5, 5.41) is 26.0. The summed E-state index contributed by atoms with van der Waals surface area (Å²) in [5.74, 6) is -4.50. The van der Waals surface area contributed by atoms with E-state index in [1.165, 1.54) is 6.92 Å². The molecule has 0 spiro atoms. The van der Waals surface area contributed by atoms with E-state index in [1.54, 1.807) is 13.8 Å². The number of nitrogens with two attached hydrogens (primary N) is 2. The number of carboxylic acids is 1. The van der Waals surface area contributed by atoms with Crippen molar-refractivity contribution in [1.29, 1.82) is 0 Å². The van der Waals surface area contributed by atoms with Gasteiger partial charge in [0.25, 0.3) is 0 Å². The van der Waals surface area contributed by atoms with Crippen molar-refractivity contribution in [1.82, 2.24) is 16.0 Å². The lowest BCUT2D eigenvalue weighted by molar-refractivity contribution is -0.141. The van der Waals surface area contributed by atoms with Crippen molar-refractivity contribution >= 4 is 42.2 Å². The summed E-state index contributed by atoms with van der Waals surface area (Å²) in [5.41, 5.74) is 10.7. The van der Waals surface area contributed by atoms with Gasteiger partial charge in [-0.1, -0.05) is 13.8 Å². The lowest BCUT2D eigenvalue weighted by Crippen LogP contribution is -2.60. The molecule has 9 N–H and O–H groups in total. The van der Waals surface area contributed by atoms with Crippen molar-refractivity contribution in [3.63, 3.8) is 0 Å². The fraction of sp³-hybridized carbons (Fsp3) is 0.722. The average molecular weight is 464 g/mol. The van der Waals surface area contributed by atoms with Gasteiger partial charge in [-0.3, -0.25) is 19.2 Å². The summed E-state index contributed by atoms with van der Waals surface area (Å²) in [6.45, 7) is 4.86. The van der Waals surface area contributed by atoms with Gasteiger partial charge in [0.1, 0.15) is 18.1 Å². The number of aliphatic hydroxyl groups excluding tert-OH is 1. The molecular formula is C18H33N5O7S. The Labute approximate surface area is 186 Å². The lowest BCUT2D eigenvalue weighted by atomic mass is 10.0. The minimum atomic E-state index is -1.44. The third-order valence-corrected chi connectivity index (χ3v) is 4.60. The molecule has 0 radical (unpaired) electrons. The standard InChI is InChI=1S/C18H33N5O7S/c1-8(2)6-11(16(27)22-12(7-31)18(29)30)21-17(28)14(9(3)24)23-15(26)10(19)4-5-13(20)25/h8-12,14,24,31H,4-7,19H2,1-3H3,(H2,20,25)(H,21,28)(H,22,27)(H,23,26)(H,29,30). The molecule has 178 valence electrons. The highest BCUT2D eigenvalue weighted by atomic mass is 32.1. The quantitative estimate of drug-likeness (QED) is 0.128. The SMILES string of the molecule is CC(C)CC(NC(=O)C(NC(=O)C(N)CCC(N)=O)C(C)O)C(=O)NC(CS)C(=O)O. The molecule has 0 aliphatic carbocycles. The maximum absolute atomic E-state index is 12.7. The van der Waals surface area contributed by atoms with E-state index < -0.39 is 59.9 Å². The maximum atomic E-state index is 12.7. The Kier molecular flexibility index (Phi) is 12.8. The second kappa shape index (κ2) is 13.8. The summed E-state index contributed by atoms with van der Waals surface area (Å²) in [4.78, 5) is 59.4. The minimum absolute atomic E-state index is 0.0443. The van der Waals surface area contributed by atoms with Crippen LogP contribution < -0.4 is 27.4 Å². The predicted octanol–water partition coefficient (Wildman–Crippen LogP) is -2.53. The molecule has 0 fully saturated rings. The number of thiol groups is 1. The Morgan fingerprint density at radius 3 is 1.90 bits per heavy atom. The number of hydrogen-bond acceptors (Lipinski definition) is 8. The number of carbonyl (C=O) groups excluding carboxylic acids is 4. The molecule has 5 unspecified atom stereocenters. The molecule has 0 aromatic carbocycles. The molecule has 12 nitrogen and oxygen atoms in total. The fourth-order valence-electron chi connectivity index (χ4n) is 2.52. The van der Waals surface area contributed by atoms with Gasteiger partial charge in [0, 0.05) is 12.2 Å². The molecule has 0 rings (SSSR count). The van der Waals surface area contributed by atoms with Crippen LogP contribution in [0.25, 0.3) is 0 Å². The second-order valence-electron chi connectivity index (χ2n) is 7.61. The normalized spacial score (nSPS) is 15.8. The van der Waals surface area contributed by atoms with Crippen LogP contribution in [0.5, 0.6) is 0 Å². The van der Waals surface area contributed by atoms with Gasteiger partial charge in [-0.05, 0) is 25.7 Å². The highest BCUT2D eigenvalue weighted by molar-refractivity contribution is 7.80. The summed E-state index contributed by atoms with van der Waals surface area (Å²) < 4.78 is 0. The van der Waals surface area contributed by atoms with E-state index in [0.717, 1.165) is 0 Å². The van der Waals surface area contributed by atoms with Gasteiger partial charge in [-0.25, -0.2) is 4.79 Å². The molecule has 0 aliphatic heterocycles. The Morgan fingerprint density at radius 2 is 1.48 bits per heavy atom. The van der Waals surface area contributed by atoms with Crippen molar-refractivity contribution in [2.75, 3.05) is 5.75 Å². The largest absolute Gasteiger partial charge is 0.480 e. The van der Waals surface area contributed by atoms with E-state index in [4.69, 9.17) is 16.6 Å². The summed E-state index contributed by atoms with van der Waals surface area (Å²) in [7, 11) is 0. The topological polar surface area (TPSA) is 214 Å². The molecule has 13 heteroatoms.